The van der Waals surface area contributed by atoms with Crippen molar-refractivity contribution in [3.8, 4) is 0 Å². The van der Waals surface area contributed by atoms with Gasteiger partial charge in [-0.25, -0.2) is 0 Å². The first-order chi connectivity index (χ1) is 2.47. The van der Waals surface area contributed by atoms with Crippen LogP contribution in [0.4, 0.5) is 0 Å². The molecule has 42 valence electrons. The summed E-state index contributed by atoms with van der Waals surface area (Å²) in [5.41, 5.74) is 0. The van der Waals surface area contributed by atoms with Crippen LogP contribution >= 0.6 is 7.74 Å². The fourth-order valence-corrected chi connectivity index (χ4v) is 0.402. The molecule has 0 atom stereocenters. The smallest absolute Gasteiger partial charge is 1.00 e. The molecule has 0 aromatic rings. The van der Waals surface area contributed by atoms with Crippen LogP contribution in [0.25, 0.3) is 0 Å². The Bertz CT molecular complexity index is 78.7. The second-order valence-electron chi connectivity index (χ2n) is 0.982. The van der Waals surface area contributed by atoms with Gasteiger partial charge in [0.25, 0.3) is 0 Å². The van der Waals surface area contributed by atoms with Gasteiger partial charge in [-0.1, -0.05) is 0 Å². The standard InChI is InChI=1S/Ca.H3O5P.2H/c;1-6(2,3)4-5-6;;/h;1-3H;;/q+2;;2*-1. The van der Waals surface area contributed by atoms with Gasteiger partial charge in [-0.15, -0.1) is 0 Å². The average Bonchev–Trinajstić information content (AvgIpc) is 1.73. The van der Waals surface area contributed by atoms with Gasteiger partial charge in [0.05, 0.1) is 0 Å². The van der Waals surface area contributed by atoms with Crippen molar-refractivity contribution in [1.82, 2.24) is 0 Å². The van der Waals surface area contributed by atoms with Gasteiger partial charge >= 0.3 is 69.5 Å². The zero-order chi connectivity index (χ0) is 4.86. The third-order valence-corrected chi connectivity index (χ3v) is 0.824. The molecule has 0 amide bonds. The first kappa shape index (κ1) is 8.49. The van der Waals surface area contributed by atoms with Crippen molar-refractivity contribution >= 4 is 45.5 Å². The fourth-order valence-electron chi connectivity index (χ4n) is 0.0447. The van der Waals surface area contributed by atoms with Crippen LogP contribution in [0.3, 0.4) is 0 Å². The summed E-state index contributed by atoms with van der Waals surface area (Å²) in [7, 11) is -4.80. The molecular weight excluding hydrogens is 151 g/mol. The van der Waals surface area contributed by atoms with Gasteiger partial charge < -0.3 is 2.85 Å². The van der Waals surface area contributed by atoms with Gasteiger partial charge in [-0.2, -0.15) is 0 Å². The zero-order valence-electron chi connectivity index (χ0n) is 5.31. The molecule has 0 saturated carbocycles. The van der Waals surface area contributed by atoms with Gasteiger partial charge in [0, 0.05) is 0 Å². The molecule has 0 bridgehead atoms. The van der Waals surface area contributed by atoms with Gasteiger partial charge in [-0.05, 0) is 0 Å². The van der Waals surface area contributed by atoms with E-state index in [4.69, 9.17) is 14.7 Å². The van der Waals surface area contributed by atoms with E-state index in [9.17, 15) is 0 Å². The molecule has 3 N–H and O–H groups in total. The SMILES string of the molecule is OP1(O)(O)OO1.[Ca+2].[H-].[H-]. The molecule has 1 rings (SSSR count). The van der Waals surface area contributed by atoms with Crippen LogP contribution in [0.1, 0.15) is 2.85 Å². The fraction of sp³-hybridized carbons (Fsp3) is 0. The van der Waals surface area contributed by atoms with E-state index in [2.05, 4.69) is 9.35 Å². The summed E-state index contributed by atoms with van der Waals surface area (Å²) in [5.74, 6) is 0. The van der Waals surface area contributed by atoms with E-state index < -0.39 is 7.74 Å². The van der Waals surface area contributed by atoms with E-state index >= 15 is 0 Å². The van der Waals surface area contributed by atoms with Gasteiger partial charge in [-0.3, -0.25) is 0 Å². The summed E-state index contributed by atoms with van der Waals surface area (Å²) >= 11 is 0. The monoisotopic (exact) mass is 156 g/mol. The van der Waals surface area contributed by atoms with Crippen LogP contribution in [-0.4, -0.2) is 52.4 Å². The van der Waals surface area contributed by atoms with Crippen LogP contribution < -0.4 is 0 Å². The van der Waals surface area contributed by atoms with Gasteiger partial charge in [0.2, 0.25) is 0 Å². The number of hydrogen-bond acceptors (Lipinski definition) is 5. The van der Waals surface area contributed by atoms with Crippen molar-refractivity contribution in [2.75, 3.05) is 0 Å². The summed E-state index contributed by atoms with van der Waals surface area (Å²) in [6, 6.07) is 0. The minimum atomic E-state index is -4.80. The molecule has 0 unspecified atom stereocenters. The Morgan fingerprint density at radius 1 is 1.14 bits per heavy atom. The normalized spacial score (nSPS) is 36.7. The quantitative estimate of drug-likeness (QED) is 0.179. The van der Waals surface area contributed by atoms with Gasteiger partial charge in [0.15, 0.2) is 0 Å². The van der Waals surface area contributed by atoms with E-state index in [1.807, 2.05) is 0 Å². The molecule has 1 fully saturated rings. The zero-order valence-corrected chi connectivity index (χ0v) is 6.42. The summed E-state index contributed by atoms with van der Waals surface area (Å²) in [4.78, 5) is 23.7. The third-order valence-electron chi connectivity index (χ3n) is 0.275. The molecule has 0 radical (unpaired) electrons. The Kier molecular flexibility index (Phi) is 2.10. The van der Waals surface area contributed by atoms with Crippen molar-refractivity contribution in [3.63, 3.8) is 0 Å². The minimum Gasteiger partial charge on any atom is -1.00 e. The molecule has 1 heterocycles. The number of hydrogen-bond donors (Lipinski definition) is 3. The molecule has 7 heteroatoms. The second-order valence-corrected chi connectivity index (χ2v) is 2.95. The maximum atomic E-state index is 7.89. The van der Waals surface area contributed by atoms with Crippen LogP contribution in [-0.2, 0) is 9.35 Å². The molecule has 7 heavy (non-hydrogen) atoms. The van der Waals surface area contributed by atoms with Crippen LogP contribution in [0.15, 0.2) is 0 Å². The minimum absolute atomic E-state index is 0. The van der Waals surface area contributed by atoms with E-state index in [1.54, 1.807) is 0 Å². The Morgan fingerprint density at radius 3 is 1.29 bits per heavy atom. The molecule has 1 aliphatic rings. The van der Waals surface area contributed by atoms with Crippen molar-refractivity contribution in [2.45, 2.75) is 0 Å². The average molecular weight is 156 g/mol. The van der Waals surface area contributed by atoms with Crippen molar-refractivity contribution < 1.29 is 26.9 Å². The predicted molar refractivity (Wildman–Crippen MR) is 23.7 cm³/mol. The Balaban J connectivity index is -0.000000120. The first-order valence-electron chi connectivity index (χ1n) is 1.13. The van der Waals surface area contributed by atoms with Crippen molar-refractivity contribution in [1.29, 1.82) is 0 Å². The van der Waals surface area contributed by atoms with Crippen LogP contribution in [0.5, 0.6) is 0 Å². The van der Waals surface area contributed by atoms with E-state index in [1.165, 1.54) is 0 Å². The van der Waals surface area contributed by atoms with Gasteiger partial charge in [0.1, 0.15) is 0 Å². The Hall–Kier alpha value is 1.49. The van der Waals surface area contributed by atoms with Crippen LogP contribution in [0.2, 0.25) is 0 Å². The summed E-state index contributed by atoms with van der Waals surface area (Å²) in [6.07, 6.45) is 0. The molecule has 0 spiro atoms. The summed E-state index contributed by atoms with van der Waals surface area (Å²) in [5, 5.41) is 0. The summed E-state index contributed by atoms with van der Waals surface area (Å²) in [6.45, 7) is 0. The molecule has 0 aliphatic carbocycles. The van der Waals surface area contributed by atoms with E-state index in [-0.39, 0.29) is 40.6 Å². The molecular formula is H5CaO5P. The molecule has 0 aromatic carbocycles. The van der Waals surface area contributed by atoms with Crippen LogP contribution in [0, 0.1) is 0 Å². The first-order valence-corrected chi connectivity index (χ1v) is 3.06. The summed E-state index contributed by atoms with van der Waals surface area (Å²) < 4.78 is 6.76. The molecule has 0 aromatic heterocycles. The Morgan fingerprint density at radius 2 is 1.29 bits per heavy atom. The van der Waals surface area contributed by atoms with E-state index in [0.717, 1.165) is 0 Å². The predicted octanol–water partition coefficient (Wildman–Crippen LogP) is -1.10. The largest absolute Gasteiger partial charge is 2.00 e. The second kappa shape index (κ2) is 1.73. The Labute approximate surface area is 72.1 Å². The maximum absolute atomic E-state index is 7.89. The molecule has 1 aliphatic heterocycles. The van der Waals surface area contributed by atoms with Crippen molar-refractivity contribution in [2.24, 2.45) is 0 Å². The topological polar surface area (TPSA) is 85.8 Å². The van der Waals surface area contributed by atoms with Crippen molar-refractivity contribution in [3.05, 3.63) is 0 Å². The third kappa shape index (κ3) is 3.13. The molecule has 5 nitrogen and oxygen atoms in total. The van der Waals surface area contributed by atoms with E-state index in [0.29, 0.717) is 0 Å². The number of rotatable bonds is 0. The maximum Gasteiger partial charge on any atom is 2.00 e. The molecule has 1 saturated heterocycles.